The average molecular weight is 343 g/mol. The van der Waals surface area contributed by atoms with Crippen LogP contribution < -0.4 is 9.47 Å². The second-order valence-electron chi connectivity index (χ2n) is 7.16. The number of benzene rings is 1. The molecule has 2 aliphatic rings. The van der Waals surface area contributed by atoms with Gasteiger partial charge in [-0.1, -0.05) is 13.0 Å². The number of nitrogens with zero attached hydrogens (tertiary/aromatic N) is 1. The van der Waals surface area contributed by atoms with Crippen molar-refractivity contribution in [2.45, 2.75) is 25.8 Å². The summed E-state index contributed by atoms with van der Waals surface area (Å²) in [6, 6.07) is 10.1. The molecule has 0 amide bonds. The van der Waals surface area contributed by atoms with Gasteiger partial charge in [0.15, 0.2) is 0 Å². The average Bonchev–Trinajstić information content (AvgIpc) is 3.25. The van der Waals surface area contributed by atoms with E-state index in [4.69, 9.17) is 13.9 Å². The van der Waals surface area contributed by atoms with Crippen LogP contribution in [0.3, 0.4) is 0 Å². The normalized spacial score (nSPS) is 25.3. The summed E-state index contributed by atoms with van der Waals surface area (Å²) >= 11 is 0. The van der Waals surface area contributed by atoms with Gasteiger partial charge in [-0.05, 0) is 23.8 Å². The molecular formula is C20H25NO4. The molecule has 2 aromatic rings. The Hall–Kier alpha value is -1.98. The van der Waals surface area contributed by atoms with Crippen LogP contribution in [0.1, 0.15) is 29.9 Å². The van der Waals surface area contributed by atoms with Crippen LogP contribution in [0.25, 0.3) is 0 Å². The molecule has 4 rings (SSSR count). The maximum atomic E-state index is 10.1. The molecule has 1 aromatic carbocycles. The molecule has 0 aliphatic carbocycles. The zero-order valence-electron chi connectivity index (χ0n) is 14.8. The molecule has 1 fully saturated rings. The van der Waals surface area contributed by atoms with Gasteiger partial charge in [-0.25, -0.2) is 0 Å². The van der Waals surface area contributed by atoms with Crippen molar-refractivity contribution in [2.75, 3.05) is 33.4 Å². The molecule has 5 nitrogen and oxygen atoms in total. The van der Waals surface area contributed by atoms with Crippen molar-refractivity contribution < 1.29 is 19.0 Å². The van der Waals surface area contributed by atoms with Gasteiger partial charge in [0, 0.05) is 36.9 Å². The Morgan fingerprint density at radius 2 is 2.12 bits per heavy atom. The van der Waals surface area contributed by atoms with E-state index in [2.05, 4.69) is 24.0 Å². The molecule has 1 aromatic heterocycles. The highest BCUT2D eigenvalue weighted by Gasteiger charge is 2.51. The first kappa shape index (κ1) is 16.5. The number of aliphatic hydroxyl groups excluding tert-OH is 1. The van der Waals surface area contributed by atoms with Crippen molar-refractivity contribution in [1.82, 2.24) is 4.90 Å². The highest BCUT2D eigenvalue weighted by atomic mass is 16.5. The fourth-order valence-electron chi connectivity index (χ4n) is 4.17. The SMILES string of the molecule is CCc1ccc(CN2C[C@H]3c4ccc(OC)cc4OC[C@@]3(CO)C2)o1. The monoisotopic (exact) mass is 343 g/mol. The summed E-state index contributed by atoms with van der Waals surface area (Å²) in [6.45, 7) is 5.22. The topological polar surface area (TPSA) is 55.1 Å². The number of fused-ring (bicyclic) bond motifs is 3. The number of hydrogen-bond acceptors (Lipinski definition) is 5. The summed E-state index contributed by atoms with van der Waals surface area (Å²) in [5.41, 5.74) is 0.916. The van der Waals surface area contributed by atoms with Gasteiger partial charge in [0.25, 0.3) is 0 Å². The third-order valence-electron chi connectivity index (χ3n) is 5.59. The van der Waals surface area contributed by atoms with Gasteiger partial charge in [0.2, 0.25) is 0 Å². The van der Waals surface area contributed by atoms with Crippen molar-refractivity contribution in [3.05, 3.63) is 47.4 Å². The van der Waals surface area contributed by atoms with E-state index in [1.807, 2.05) is 18.2 Å². The summed E-state index contributed by atoms with van der Waals surface area (Å²) in [4.78, 5) is 2.36. The summed E-state index contributed by atoms with van der Waals surface area (Å²) in [7, 11) is 1.66. The minimum atomic E-state index is -0.248. The van der Waals surface area contributed by atoms with E-state index in [1.54, 1.807) is 7.11 Å². The highest BCUT2D eigenvalue weighted by molar-refractivity contribution is 5.46. The van der Waals surface area contributed by atoms with Crippen LogP contribution in [-0.4, -0.2) is 43.4 Å². The molecule has 5 heteroatoms. The predicted octanol–water partition coefficient (Wildman–Crippen LogP) is 2.82. The van der Waals surface area contributed by atoms with Gasteiger partial charge in [-0.3, -0.25) is 4.90 Å². The number of rotatable bonds is 5. The Bertz CT molecular complexity index is 756. The number of ether oxygens (including phenoxy) is 2. The lowest BCUT2D eigenvalue weighted by atomic mass is 9.74. The number of hydrogen-bond donors (Lipinski definition) is 1. The Kier molecular flexibility index (Phi) is 4.21. The number of furan rings is 1. The maximum Gasteiger partial charge on any atom is 0.126 e. The van der Waals surface area contributed by atoms with Crippen LogP contribution in [0.4, 0.5) is 0 Å². The molecule has 0 unspecified atom stereocenters. The second kappa shape index (κ2) is 6.39. The molecule has 0 radical (unpaired) electrons. The predicted molar refractivity (Wildman–Crippen MR) is 94.1 cm³/mol. The molecule has 25 heavy (non-hydrogen) atoms. The third kappa shape index (κ3) is 2.81. The van der Waals surface area contributed by atoms with E-state index >= 15 is 0 Å². The minimum Gasteiger partial charge on any atom is -0.497 e. The van der Waals surface area contributed by atoms with Crippen molar-refractivity contribution in [1.29, 1.82) is 0 Å². The van der Waals surface area contributed by atoms with Gasteiger partial charge in [-0.2, -0.15) is 0 Å². The number of aliphatic hydroxyl groups is 1. The van der Waals surface area contributed by atoms with Crippen LogP contribution in [0.15, 0.2) is 34.7 Å². The largest absolute Gasteiger partial charge is 0.497 e. The fraction of sp³-hybridized carbons (Fsp3) is 0.500. The summed E-state index contributed by atoms with van der Waals surface area (Å²) in [5, 5.41) is 10.1. The first-order valence-corrected chi connectivity index (χ1v) is 8.89. The van der Waals surface area contributed by atoms with Gasteiger partial charge >= 0.3 is 0 Å². The second-order valence-corrected chi connectivity index (χ2v) is 7.16. The van der Waals surface area contributed by atoms with E-state index in [-0.39, 0.29) is 17.9 Å². The molecule has 1 N–H and O–H groups in total. The Morgan fingerprint density at radius 1 is 1.28 bits per heavy atom. The quantitative estimate of drug-likeness (QED) is 0.905. The van der Waals surface area contributed by atoms with Crippen molar-refractivity contribution >= 4 is 0 Å². The standard InChI is InChI=1S/C20H25NO4/c1-3-14-4-5-16(25-14)9-21-10-18-17-7-6-15(23-2)8-19(17)24-13-20(18,11-21)12-22/h4-8,18,22H,3,9-13H2,1-2H3/t18-,20-/m0/s1. The smallest absolute Gasteiger partial charge is 0.126 e. The van der Waals surface area contributed by atoms with Crippen LogP contribution in [-0.2, 0) is 13.0 Å². The molecule has 1 saturated heterocycles. The summed E-state index contributed by atoms with van der Waals surface area (Å²) in [5.74, 6) is 3.94. The number of likely N-dealkylation sites (tertiary alicyclic amines) is 1. The summed E-state index contributed by atoms with van der Waals surface area (Å²) < 4.78 is 17.2. The Labute approximate surface area is 148 Å². The van der Waals surface area contributed by atoms with Gasteiger partial charge in [0.05, 0.1) is 26.9 Å². The lowest BCUT2D eigenvalue weighted by Gasteiger charge is -2.38. The molecule has 2 aliphatic heterocycles. The molecule has 0 bridgehead atoms. The van der Waals surface area contributed by atoms with Crippen LogP contribution >= 0.6 is 0 Å². The van der Waals surface area contributed by atoms with Gasteiger partial charge in [-0.15, -0.1) is 0 Å². The number of aryl methyl sites for hydroxylation is 1. The molecular weight excluding hydrogens is 318 g/mol. The Morgan fingerprint density at radius 3 is 2.84 bits per heavy atom. The van der Waals surface area contributed by atoms with E-state index in [1.165, 1.54) is 0 Å². The molecule has 3 heterocycles. The van der Waals surface area contributed by atoms with Crippen molar-refractivity contribution in [3.63, 3.8) is 0 Å². The fourth-order valence-corrected chi connectivity index (χ4v) is 4.17. The van der Waals surface area contributed by atoms with E-state index in [0.29, 0.717) is 6.61 Å². The van der Waals surface area contributed by atoms with Crippen molar-refractivity contribution in [2.24, 2.45) is 5.41 Å². The zero-order valence-corrected chi connectivity index (χ0v) is 14.8. The Balaban J connectivity index is 1.58. The van der Waals surface area contributed by atoms with Crippen LogP contribution in [0.2, 0.25) is 0 Å². The van der Waals surface area contributed by atoms with Gasteiger partial charge < -0.3 is 19.0 Å². The molecule has 0 spiro atoms. The lowest BCUT2D eigenvalue weighted by molar-refractivity contribution is 0.0452. The maximum absolute atomic E-state index is 10.1. The third-order valence-corrected chi connectivity index (χ3v) is 5.59. The highest BCUT2D eigenvalue weighted by Crippen LogP contribution is 2.50. The van der Waals surface area contributed by atoms with E-state index in [9.17, 15) is 5.11 Å². The molecule has 0 saturated carbocycles. The zero-order chi connectivity index (χ0) is 17.4. The van der Waals surface area contributed by atoms with Crippen molar-refractivity contribution in [3.8, 4) is 11.5 Å². The first-order valence-electron chi connectivity index (χ1n) is 8.89. The van der Waals surface area contributed by atoms with E-state index in [0.717, 1.165) is 54.6 Å². The molecule has 2 atom stereocenters. The summed E-state index contributed by atoms with van der Waals surface area (Å²) in [6.07, 6.45) is 0.909. The van der Waals surface area contributed by atoms with E-state index < -0.39 is 0 Å². The molecule has 134 valence electrons. The minimum absolute atomic E-state index is 0.123. The van der Waals surface area contributed by atoms with Crippen LogP contribution in [0, 0.1) is 5.41 Å². The first-order chi connectivity index (χ1) is 12.2. The van der Waals surface area contributed by atoms with Gasteiger partial charge in [0.1, 0.15) is 23.0 Å². The number of methoxy groups -OCH3 is 1. The van der Waals surface area contributed by atoms with Crippen LogP contribution in [0.5, 0.6) is 11.5 Å². The lowest BCUT2D eigenvalue weighted by Crippen LogP contribution is -2.42.